The second-order valence-corrected chi connectivity index (χ2v) is 5.04. The number of hydrogen-bond donors (Lipinski definition) is 1. The van der Waals surface area contributed by atoms with Gasteiger partial charge in [0.15, 0.2) is 0 Å². The van der Waals surface area contributed by atoms with Crippen LogP contribution in [0.5, 0.6) is 0 Å². The maximum Gasteiger partial charge on any atom is 0.244 e. The molecule has 1 amide bonds. The van der Waals surface area contributed by atoms with Gasteiger partial charge in [-0.2, -0.15) is 0 Å². The molecule has 0 aliphatic carbocycles. The van der Waals surface area contributed by atoms with Gasteiger partial charge in [0.2, 0.25) is 5.91 Å². The van der Waals surface area contributed by atoms with Crippen LogP contribution in [0.25, 0.3) is 6.08 Å². The van der Waals surface area contributed by atoms with Crippen molar-refractivity contribution in [1.29, 1.82) is 0 Å². The maximum atomic E-state index is 11.7. The number of carbonyl (C=O) groups excluding carboxylic acids is 1. The molecule has 0 spiro atoms. The number of carbonyl (C=O) groups is 1. The molecule has 2 rings (SSSR count). The minimum absolute atomic E-state index is 0.167. The first-order valence-electron chi connectivity index (χ1n) is 6.10. The second kappa shape index (κ2) is 7.13. The van der Waals surface area contributed by atoms with E-state index in [1.54, 1.807) is 24.3 Å². The zero-order valence-corrected chi connectivity index (χ0v) is 12.2. The van der Waals surface area contributed by atoms with Gasteiger partial charge in [0.25, 0.3) is 0 Å². The number of nitrogens with one attached hydrogen (secondary N) is 1. The Morgan fingerprint density at radius 1 is 1.05 bits per heavy atom. The molecular formula is C16H13Cl2NO. The smallest absolute Gasteiger partial charge is 0.244 e. The van der Waals surface area contributed by atoms with Crippen LogP contribution in [0.3, 0.4) is 0 Å². The molecular weight excluding hydrogens is 293 g/mol. The lowest BCUT2D eigenvalue weighted by Crippen LogP contribution is -2.20. The number of benzene rings is 2. The summed E-state index contributed by atoms with van der Waals surface area (Å²) in [5.41, 5.74) is 1.81. The Bertz CT molecular complexity index is 621. The van der Waals surface area contributed by atoms with E-state index in [-0.39, 0.29) is 5.91 Å². The summed E-state index contributed by atoms with van der Waals surface area (Å²) in [5.74, 6) is -0.167. The third-order valence-electron chi connectivity index (χ3n) is 2.71. The first-order valence-corrected chi connectivity index (χ1v) is 6.85. The maximum absolute atomic E-state index is 11.7. The van der Waals surface area contributed by atoms with Crippen LogP contribution >= 0.6 is 23.2 Å². The van der Waals surface area contributed by atoms with E-state index in [1.807, 2.05) is 30.3 Å². The molecule has 1 N–H and O–H groups in total. The van der Waals surface area contributed by atoms with Crippen molar-refractivity contribution in [2.75, 3.05) is 0 Å². The standard InChI is InChI=1S/C16H13Cl2NO/c17-14-8-5-12(6-9-14)7-10-16(20)19-11-13-3-1-2-4-15(13)18/h1-10H,11H2,(H,19,20). The number of amides is 1. The van der Waals surface area contributed by atoms with Crippen LogP contribution in [0.2, 0.25) is 10.0 Å². The molecule has 0 fully saturated rings. The van der Waals surface area contributed by atoms with Gasteiger partial charge in [-0.05, 0) is 35.4 Å². The van der Waals surface area contributed by atoms with E-state index in [0.717, 1.165) is 11.1 Å². The lowest BCUT2D eigenvalue weighted by molar-refractivity contribution is -0.116. The van der Waals surface area contributed by atoms with E-state index in [1.165, 1.54) is 6.08 Å². The normalized spacial score (nSPS) is 10.7. The van der Waals surface area contributed by atoms with Crippen molar-refractivity contribution in [3.63, 3.8) is 0 Å². The zero-order valence-electron chi connectivity index (χ0n) is 10.6. The highest BCUT2D eigenvalue weighted by Gasteiger charge is 2.00. The first kappa shape index (κ1) is 14.6. The topological polar surface area (TPSA) is 29.1 Å². The fourth-order valence-electron chi connectivity index (χ4n) is 1.63. The highest BCUT2D eigenvalue weighted by atomic mass is 35.5. The Labute approximate surface area is 128 Å². The molecule has 2 aromatic rings. The predicted molar refractivity (Wildman–Crippen MR) is 83.8 cm³/mol. The van der Waals surface area contributed by atoms with E-state index >= 15 is 0 Å². The average molecular weight is 306 g/mol. The average Bonchev–Trinajstić information content (AvgIpc) is 2.46. The lowest BCUT2D eigenvalue weighted by Gasteiger charge is -2.04. The molecule has 2 aromatic carbocycles. The SMILES string of the molecule is O=C(C=Cc1ccc(Cl)cc1)NCc1ccccc1Cl. The Hall–Kier alpha value is -1.77. The van der Waals surface area contributed by atoms with Crippen LogP contribution in [-0.2, 0) is 11.3 Å². The third kappa shape index (κ3) is 4.41. The zero-order chi connectivity index (χ0) is 14.4. The molecule has 4 heteroatoms. The van der Waals surface area contributed by atoms with Gasteiger partial charge in [-0.1, -0.05) is 53.5 Å². The predicted octanol–water partition coefficient (Wildman–Crippen LogP) is 4.32. The molecule has 0 bridgehead atoms. The summed E-state index contributed by atoms with van der Waals surface area (Å²) in [6.45, 7) is 0.406. The van der Waals surface area contributed by atoms with E-state index < -0.39 is 0 Å². The monoisotopic (exact) mass is 305 g/mol. The van der Waals surface area contributed by atoms with Crippen LogP contribution in [0.4, 0.5) is 0 Å². The molecule has 0 saturated heterocycles. The molecule has 2 nitrogen and oxygen atoms in total. The summed E-state index contributed by atoms with van der Waals surface area (Å²) in [5, 5.41) is 4.10. The fourth-order valence-corrected chi connectivity index (χ4v) is 1.96. The van der Waals surface area contributed by atoms with Gasteiger partial charge in [0.05, 0.1) is 0 Å². The van der Waals surface area contributed by atoms with E-state index in [0.29, 0.717) is 16.6 Å². The van der Waals surface area contributed by atoms with Crippen molar-refractivity contribution in [3.8, 4) is 0 Å². The number of rotatable bonds is 4. The van der Waals surface area contributed by atoms with Gasteiger partial charge in [-0.3, -0.25) is 4.79 Å². The van der Waals surface area contributed by atoms with Gasteiger partial charge >= 0.3 is 0 Å². The van der Waals surface area contributed by atoms with Crippen molar-refractivity contribution in [2.24, 2.45) is 0 Å². The lowest BCUT2D eigenvalue weighted by atomic mass is 10.2. The Morgan fingerprint density at radius 3 is 2.45 bits per heavy atom. The van der Waals surface area contributed by atoms with E-state index in [2.05, 4.69) is 5.32 Å². The van der Waals surface area contributed by atoms with Crippen LogP contribution in [0, 0.1) is 0 Å². The molecule has 0 aliphatic rings. The Morgan fingerprint density at radius 2 is 1.75 bits per heavy atom. The van der Waals surface area contributed by atoms with Gasteiger partial charge < -0.3 is 5.32 Å². The Balaban J connectivity index is 1.90. The molecule has 0 aliphatic heterocycles. The van der Waals surface area contributed by atoms with Crippen molar-refractivity contribution >= 4 is 35.2 Å². The Kier molecular flexibility index (Phi) is 5.22. The summed E-state index contributed by atoms with van der Waals surface area (Å²) >= 11 is 11.8. The summed E-state index contributed by atoms with van der Waals surface area (Å²) in [6.07, 6.45) is 3.22. The molecule has 20 heavy (non-hydrogen) atoms. The van der Waals surface area contributed by atoms with Crippen LogP contribution in [0.1, 0.15) is 11.1 Å². The van der Waals surface area contributed by atoms with Gasteiger partial charge in [0, 0.05) is 22.7 Å². The van der Waals surface area contributed by atoms with Crippen LogP contribution in [-0.4, -0.2) is 5.91 Å². The second-order valence-electron chi connectivity index (χ2n) is 4.19. The molecule has 0 radical (unpaired) electrons. The summed E-state index contributed by atoms with van der Waals surface area (Å²) in [4.78, 5) is 11.7. The minimum atomic E-state index is -0.167. The van der Waals surface area contributed by atoms with Gasteiger partial charge in [-0.15, -0.1) is 0 Å². The van der Waals surface area contributed by atoms with Crippen molar-refractivity contribution in [2.45, 2.75) is 6.54 Å². The first-order chi connectivity index (χ1) is 9.65. The van der Waals surface area contributed by atoms with Crippen molar-refractivity contribution in [1.82, 2.24) is 5.32 Å². The fraction of sp³-hybridized carbons (Fsp3) is 0.0625. The number of hydrogen-bond acceptors (Lipinski definition) is 1. The minimum Gasteiger partial charge on any atom is -0.348 e. The number of halogens is 2. The quantitative estimate of drug-likeness (QED) is 0.837. The molecule has 0 saturated carbocycles. The third-order valence-corrected chi connectivity index (χ3v) is 3.33. The van der Waals surface area contributed by atoms with Gasteiger partial charge in [-0.25, -0.2) is 0 Å². The van der Waals surface area contributed by atoms with Crippen LogP contribution in [0.15, 0.2) is 54.6 Å². The summed E-state index contributed by atoms with van der Waals surface area (Å²) in [6, 6.07) is 14.7. The summed E-state index contributed by atoms with van der Waals surface area (Å²) < 4.78 is 0. The molecule has 0 atom stereocenters. The highest BCUT2D eigenvalue weighted by molar-refractivity contribution is 6.31. The largest absolute Gasteiger partial charge is 0.348 e. The van der Waals surface area contributed by atoms with E-state index in [9.17, 15) is 4.79 Å². The molecule has 102 valence electrons. The highest BCUT2D eigenvalue weighted by Crippen LogP contribution is 2.14. The summed E-state index contributed by atoms with van der Waals surface area (Å²) in [7, 11) is 0. The molecule has 0 heterocycles. The van der Waals surface area contributed by atoms with Crippen molar-refractivity contribution in [3.05, 3.63) is 75.8 Å². The molecule has 0 aromatic heterocycles. The van der Waals surface area contributed by atoms with E-state index in [4.69, 9.17) is 23.2 Å². The van der Waals surface area contributed by atoms with Crippen molar-refractivity contribution < 1.29 is 4.79 Å². The van der Waals surface area contributed by atoms with Gasteiger partial charge in [0.1, 0.15) is 0 Å². The van der Waals surface area contributed by atoms with Crippen LogP contribution < -0.4 is 5.32 Å². The molecule has 0 unspecified atom stereocenters.